The number of anilines is 1. The van der Waals surface area contributed by atoms with Gasteiger partial charge in [0, 0.05) is 57.6 Å². The number of fused-ring (bicyclic) bond motifs is 1. The Morgan fingerprint density at radius 2 is 2.17 bits per heavy atom. The quantitative estimate of drug-likeness (QED) is 0.687. The maximum Gasteiger partial charge on any atom is 0.410 e. The van der Waals surface area contributed by atoms with E-state index in [1.165, 1.54) is 0 Å². The first kappa shape index (κ1) is 19.2. The van der Waals surface area contributed by atoms with Crippen LogP contribution in [-0.4, -0.2) is 76.2 Å². The number of amides is 1. The van der Waals surface area contributed by atoms with Crippen LogP contribution in [0.3, 0.4) is 0 Å². The first-order valence-corrected chi connectivity index (χ1v) is 10.4. The lowest BCUT2D eigenvalue weighted by Crippen LogP contribution is -2.49. The number of aromatic amines is 1. The molecule has 1 atom stereocenters. The third-order valence-electron chi connectivity index (χ3n) is 5.64. The van der Waals surface area contributed by atoms with E-state index < -0.39 is 0 Å². The van der Waals surface area contributed by atoms with Crippen molar-refractivity contribution in [2.75, 3.05) is 44.3 Å². The Labute approximate surface area is 178 Å². The van der Waals surface area contributed by atoms with Crippen LogP contribution in [0.15, 0.2) is 24.7 Å². The number of rotatable bonds is 3. The predicted molar refractivity (Wildman–Crippen MR) is 113 cm³/mol. The Hall–Kier alpha value is -2.78. The van der Waals surface area contributed by atoms with Crippen LogP contribution >= 0.6 is 11.6 Å². The summed E-state index contributed by atoms with van der Waals surface area (Å²) in [6.07, 6.45) is 5.85. The number of nitrogens with one attached hydrogen (secondary N) is 1. The molecule has 5 heterocycles. The second-order valence-electron chi connectivity index (χ2n) is 7.61. The predicted octanol–water partition coefficient (Wildman–Crippen LogP) is 2.66. The summed E-state index contributed by atoms with van der Waals surface area (Å²) in [4.78, 5) is 24.2. The highest BCUT2D eigenvalue weighted by Gasteiger charge is 2.28. The lowest BCUT2D eigenvalue weighted by molar-refractivity contribution is 0.0534. The van der Waals surface area contributed by atoms with Gasteiger partial charge in [-0.15, -0.1) is 0 Å². The average molecular weight is 431 g/mol. The fourth-order valence-electron chi connectivity index (χ4n) is 4.03. The highest BCUT2D eigenvalue weighted by atomic mass is 35.5. The van der Waals surface area contributed by atoms with Gasteiger partial charge in [0.05, 0.1) is 41.2 Å². The van der Waals surface area contributed by atoms with Gasteiger partial charge in [0.15, 0.2) is 0 Å². The van der Waals surface area contributed by atoms with Gasteiger partial charge < -0.3 is 24.3 Å². The first-order valence-electron chi connectivity index (χ1n) is 10.0. The molecule has 0 aromatic carbocycles. The van der Waals surface area contributed by atoms with Crippen LogP contribution in [0.25, 0.3) is 22.3 Å². The van der Waals surface area contributed by atoms with Crippen LogP contribution in [0.5, 0.6) is 0 Å². The number of H-pyrrole nitrogens is 1. The van der Waals surface area contributed by atoms with Crippen LogP contribution in [0.2, 0.25) is 5.02 Å². The van der Waals surface area contributed by atoms with Crippen molar-refractivity contribution in [3.8, 4) is 11.3 Å². The largest absolute Gasteiger partial charge is 0.444 e. The fraction of sp³-hybridized carbons (Fsp3) is 0.450. The molecule has 0 bridgehead atoms. The molecule has 0 unspecified atom stereocenters. The molecule has 158 valence electrons. The van der Waals surface area contributed by atoms with Gasteiger partial charge in [0.2, 0.25) is 0 Å². The van der Waals surface area contributed by atoms with Gasteiger partial charge >= 0.3 is 6.09 Å². The van der Waals surface area contributed by atoms with Crippen molar-refractivity contribution in [1.82, 2.24) is 24.6 Å². The molecular formula is C20H23ClN6O3. The number of piperazine rings is 1. The summed E-state index contributed by atoms with van der Waals surface area (Å²) in [6.45, 7) is 3.72. The smallest absolute Gasteiger partial charge is 0.410 e. The van der Waals surface area contributed by atoms with Crippen LogP contribution in [0.4, 0.5) is 10.5 Å². The first-order chi connectivity index (χ1) is 14.6. The fourth-order valence-corrected chi connectivity index (χ4v) is 4.37. The van der Waals surface area contributed by atoms with Gasteiger partial charge in [-0.3, -0.25) is 4.68 Å². The summed E-state index contributed by atoms with van der Waals surface area (Å²) in [5, 5.41) is 5.74. The molecule has 0 saturated carbocycles. The van der Waals surface area contributed by atoms with Gasteiger partial charge in [-0.2, -0.15) is 5.10 Å². The van der Waals surface area contributed by atoms with Crippen molar-refractivity contribution in [2.45, 2.75) is 12.5 Å². The van der Waals surface area contributed by atoms with E-state index in [1.54, 1.807) is 22.0 Å². The Bertz CT molecular complexity index is 1070. The van der Waals surface area contributed by atoms with Crippen LogP contribution in [0.1, 0.15) is 6.42 Å². The number of carbonyl (C=O) groups is 1. The third kappa shape index (κ3) is 3.48. The monoisotopic (exact) mass is 430 g/mol. The van der Waals surface area contributed by atoms with Crippen molar-refractivity contribution in [1.29, 1.82) is 0 Å². The van der Waals surface area contributed by atoms with Crippen molar-refractivity contribution >= 4 is 34.4 Å². The molecule has 5 rings (SSSR count). The molecule has 0 aliphatic carbocycles. The summed E-state index contributed by atoms with van der Waals surface area (Å²) in [6, 6.07) is 1.97. The molecule has 2 aliphatic rings. The number of aryl methyl sites for hydroxylation is 1. The molecule has 2 aliphatic heterocycles. The van der Waals surface area contributed by atoms with Crippen molar-refractivity contribution < 1.29 is 14.3 Å². The minimum Gasteiger partial charge on any atom is -0.444 e. The number of ether oxygens (including phenoxy) is 2. The number of hydrogen-bond acceptors (Lipinski definition) is 6. The number of pyridine rings is 1. The van der Waals surface area contributed by atoms with Gasteiger partial charge in [0.1, 0.15) is 11.8 Å². The summed E-state index contributed by atoms with van der Waals surface area (Å²) in [7, 11) is 1.87. The van der Waals surface area contributed by atoms with Gasteiger partial charge in [-0.1, -0.05) is 11.6 Å². The van der Waals surface area contributed by atoms with Crippen molar-refractivity contribution in [3.05, 3.63) is 29.7 Å². The van der Waals surface area contributed by atoms with Crippen LogP contribution < -0.4 is 4.90 Å². The highest BCUT2D eigenvalue weighted by molar-refractivity contribution is 6.39. The Morgan fingerprint density at radius 3 is 2.87 bits per heavy atom. The van der Waals surface area contributed by atoms with E-state index in [1.807, 2.05) is 19.3 Å². The molecule has 0 radical (unpaired) electrons. The molecule has 2 saturated heterocycles. The van der Waals surface area contributed by atoms with Gasteiger partial charge in [-0.05, 0) is 6.07 Å². The lowest BCUT2D eigenvalue weighted by Gasteiger charge is -2.36. The molecular weight excluding hydrogens is 408 g/mol. The maximum atomic E-state index is 12.4. The molecule has 1 N–H and O–H groups in total. The molecule has 3 aromatic heterocycles. The molecule has 3 aromatic rings. The van der Waals surface area contributed by atoms with Gasteiger partial charge in [0.25, 0.3) is 0 Å². The minimum absolute atomic E-state index is 0.125. The summed E-state index contributed by atoms with van der Waals surface area (Å²) in [5.74, 6) is 0. The Morgan fingerprint density at radius 1 is 1.33 bits per heavy atom. The average Bonchev–Trinajstić information content (AvgIpc) is 3.49. The summed E-state index contributed by atoms with van der Waals surface area (Å²) >= 11 is 6.77. The van der Waals surface area contributed by atoms with E-state index in [4.69, 9.17) is 21.1 Å². The van der Waals surface area contributed by atoms with E-state index in [9.17, 15) is 4.79 Å². The van der Waals surface area contributed by atoms with E-state index >= 15 is 0 Å². The zero-order valence-corrected chi connectivity index (χ0v) is 17.4. The third-order valence-corrected chi connectivity index (χ3v) is 6.02. The topological polar surface area (TPSA) is 88.5 Å². The molecule has 9 nitrogen and oxygen atoms in total. The lowest BCUT2D eigenvalue weighted by atomic mass is 10.2. The summed E-state index contributed by atoms with van der Waals surface area (Å²) < 4.78 is 12.5. The highest BCUT2D eigenvalue weighted by Crippen LogP contribution is 2.39. The standard InChI is InChI=1S/C20H23ClN6O3/c1-25-11-13(10-23-25)18-17(21)16-15(2-4-22-19(16)24-18)26-5-7-27(8-6-26)20(28)30-14-3-9-29-12-14/h2,4,10-11,14H,3,5-9,12H2,1H3,(H,22,24)/t14-/m0/s1. The number of hydrogen-bond donors (Lipinski definition) is 1. The number of halogens is 1. The van der Waals surface area contributed by atoms with E-state index in [2.05, 4.69) is 20.0 Å². The van der Waals surface area contributed by atoms with Crippen LogP contribution in [-0.2, 0) is 16.5 Å². The zero-order chi connectivity index (χ0) is 20.7. The number of nitrogens with zero attached hydrogens (tertiary/aromatic N) is 5. The Balaban J connectivity index is 1.34. The molecule has 2 fully saturated rings. The normalized spacial score (nSPS) is 19.6. The SMILES string of the molecule is Cn1cc(-c2[nH]c3nccc(N4CCN(C(=O)O[C@H]5CCOC5)CC4)c3c2Cl)cn1. The van der Waals surface area contributed by atoms with E-state index in [0.717, 1.165) is 34.4 Å². The summed E-state index contributed by atoms with van der Waals surface area (Å²) in [5.41, 5.74) is 3.46. The Kier molecular flexibility index (Phi) is 5.00. The van der Waals surface area contributed by atoms with Crippen molar-refractivity contribution in [3.63, 3.8) is 0 Å². The maximum absolute atomic E-state index is 12.4. The van der Waals surface area contributed by atoms with Gasteiger partial charge in [-0.25, -0.2) is 9.78 Å². The second kappa shape index (κ2) is 7.81. The van der Waals surface area contributed by atoms with E-state index in [0.29, 0.717) is 44.4 Å². The van der Waals surface area contributed by atoms with Crippen LogP contribution in [0, 0.1) is 0 Å². The van der Waals surface area contributed by atoms with Crippen molar-refractivity contribution in [2.24, 2.45) is 7.05 Å². The minimum atomic E-state index is -0.261. The molecule has 10 heteroatoms. The second-order valence-corrected chi connectivity index (χ2v) is 7.99. The van der Waals surface area contributed by atoms with E-state index in [-0.39, 0.29) is 12.2 Å². The number of aromatic nitrogens is 4. The molecule has 1 amide bonds. The molecule has 0 spiro atoms. The zero-order valence-electron chi connectivity index (χ0n) is 16.7. The number of carbonyl (C=O) groups excluding carboxylic acids is 1. The molecule has 30 heavy (non-hydrogen) atoms.